The fourth-order valence-electron chi connectivity index (χ4n) is 2.83. The van der Waals surface area contributed by atoms with Gasteiger partial charge >= 0.3 is 5.97 Å². The van der Waals surface area contributed by atoms with Gasteiger partial charge in [-0.25, -0.2) is 0 Å². The summed E-state index contributed by atoms with van der Waals surface area (Å²) in [6.07, 6.45) is 1.70. The van der Waals surface area contributed by atoms with E-state index in [1.165, 1.54) is 11.8 Å². The molecule has 1 N–H and O–H groups in total. The van der Waals surface area contributed by atoms with Crippen LogP contribution in [-0.2, 0) is 9.59 Å². The van der Waals surface area contributed by atoms with Gasteiger partial charge in [-0.1, -0.05) is 53.8 Å². The number of carbonyl (C=O) groups is 2. The van der Waals surface area contributed by atoms with Crippen LogP contribution >= 0.6 is 24.0 Å². The van der Waals surface area contributed by atoms with Crippen LogP contribution in [-0.4, -0.2) is 27.9 Å². The number of carbonyl (C=O) groups excluding carboxylic acids is 1. The van der Waals surface area contributed by atoms with Gasteiger partial charge in [-0.2, -0.15) is 0 Å². The summed E-state index contributed by atoms with van der Waals surface area (Å²) < 4.78 is 5.95. The third-order valence-corrected chi connectivity index (χ3v) is 5.43. The minimum atomic E-state index is -0.911. The number of hydrogen-bond donors (Lipinski definition) is 1. The van der Waals surface area contributed by atoms with Crippen molar-refractivity contribution in [2.45, 2.75) is 20.3 Å². The van der Waals surface area contributed by atoms with Crippen LogP contribution in [0.3, 0.4) is 0 Å². The quantitative estimate of drug-likeness (QED) is 0.553. The molecule has 28 heavy (non-hydrogen) atoms. The van der Waals surface area contributed by atoms with Gasteiger partial charge in [0.05, 0.1) is 23.6 Å². The van der Waals surface area contributed by atoms with Gasteiger partial charge in [0, 0.05) is 0 Å². The molecule has 0 aliphatic carbocycles. The lowest BCUT2D eigenvalue weighted by Gasteiger charge is -2.17. The molecule has 7 heteroatoms. The molecule has 2 aromatic rings. The molecule has 0 bridgehead atoms. The van der Waals surface area contributed by atoms with Gasteiger partial charge in [-0.15, -0.1) is 0 Å². The van der Waals surface area contributed by atoms with Crippen LogP contribution < -0.4 is 9.64 Å². The molecule has 0 spiro atoms. The van der Waals surface area contributed by atoms with Crippen molar-refractivity contribution in [3.05, 3.63) is 64.1 Å². The predicted molar refractivity (Wildman–Crippen MR) is 116 cm³/mol. The maximum Gasteiger partial charge on any atom is 0.306 e. The summed E-state index contributed by atoms with van der Waals surface area (Å²) in [6.45, 7) is 4.06. The molecule has 1 saturated heterocycles. The second-order valence-corrected chi connectivity index (χ2v) is 8.05. The number of benzene rings is 2. The smallest absolute Gasteiger partial charge is 0.306 e. The first-order chi connectivity index (χ1) is 13.3. The standard InChI is InChI=1S/C21H19NO4S2/c1-13-6-7-17(14(2)10-13)22-20(25)18(28-21(22)27)12-15-4-3-5-16(11-15)26-9-8-19(23)24/h3-7,10-12H,8-9H2,1-2H3,(H,23,24)/b18-12+. The lowest BCUT2D eigenvalue weighted by molar-refractivity contribution is -0.137. The average Bonchev–Trinajstić information content (AvgIpc) is 2.89. The first-order valence-corrected chi connectivity index (χ1v) is 9.87. The molecule has 1 heterocycles. The van der Waals surface area contributed by atoms with E-state index in [4.69, 9.17) is 22.1 Å². The van der Waals surface area contributed by atoms with E-state index in [2.05, 4.69) is 0 Å². The van der Waals surface area contributed by atoms with Crippen molar-refractivity contribution in [3.8, 4) is 5.75 Å². The Labute approximate surface area is 173 Å². The Morgan fingerprint density at radius 2 is 2.04 bits per heavy atom. The monoisotopic (exact) mass is 413 g/mol. The first kappa shape index (κ1) is 20.1. The number of aryl methyl sites for hydroxylation is 2. The number of amides is 1. The maximum absolute atomic E-state index is 12.9. The number of carboxylic acids is 1. The highest BCUT2D eigenvalue weighted by Gasteiger charge is 2.34. The van der Waals surface area contributed by atoms with Gasteiger partial charge in [-0.05, 0) is 49.2 Å². The molecule has 3 rings (SSSR count). The SMILES string of the molecule is Cc1ccc(N2C(=O)/C(=C\c3cccc(OCCC(=O)O)c3)SC2=S)c(C)c1. The van der Waals surface area contributed by atoms with Crippen LogP contribution in [0.25, 0.3) is 6.08 Å². The largest absolute Gasteiger partial charge is 0.493 e. The van der Waals surface area contributed by atoms with Crippen LogP contribution in [0.1, 0.15) is 23.1 Å². The van der Waals surface area contributed by atoms with E-state index in [1.54, 1.807) is 29.2 Å². The minimum absolute atomic E-state index is 0.0706. The number of anilines is 1. The molecule has 1 fully saturated rings. The second-order valence-electron chi connectivity index (χ2n) is 6.37. The molecular formula is C21H19NO4S2. The Morgan fingerprint density at radius 3 is 2.75 bits per heavy atom. The number of ether oxygens (including phenoxy) is 1. The van der Waals surface area contributed by atoms with Crippen molar-refractivity contribution in [2.24, 2.45) is 0 Å². The lowest BCUT2D eigenvalue weighted by atomic mass is 10.1. The molecule has 0 unspecified atom stereocenters. The van der Waals surface area contributed by atoms with Gasteiger partial charge in [-0.3, -0.25) is 14.5 Å². The van der Waals surface area contributed by atoms with Crippen LogP contribution in [0.15, 0.2) is 47.4 Å². The molecule has 0 saturated carbocycles. The fraction of sp³-hybridized carbons (Fsp3) is 0.190. The fourth-order valence-corrected chi connectivity index (χ4v) is 4.12. The summed E-state index contributed by atoms with van der Waals surface area (Å²) in [7, 11) is 0. The van der Waals surface area contributed by atoms with E-state index in [0.29, 0.717) is 15.0 Å². The topological polar surface area (TPSA) is 66.8 Å². The molecule has 1 aliphatic heterocycles. The normalized spacial score (nSPS) is 15.4. The van der Waals surface area contributed by atoms with Gasteiger partial charge in [0.2, 0.25) is 0 Å². The number of aliphatic carboxylic acids is 1. The zero-order valence-electron chi connectivity index (χ0n) is 15.5. The average molecular weight is 414 g/mol. The Bertz CT molecular complexity index is 984. The summed E-state index contributed by atoms with van der Waals surface area (Å²) >= 11 is 6.70. The van der Waals surface area contributed by atoms with E-state index in [9.17, 15) is 9.59 Å². The molecule has 1 amide bonds. The Kier molecular flexibility index (Phi) is 6.16. The summed E-state index contributed by atoms with van der Waals surface area (Å²) in [6, 6.07) is 13.1. The van der Waals surface area contributed by atoms with Crippen molar-refractivity contribution in [2.75, 3.05) is 11.5 Å². The maximum atomic E-state index is 12.9. The summed E-state index contributed by atoms with van der Waals surface area (Å²) in [5, 5.41) is 8.70. The molecule has 0 radical (unpaired) electrons. The van der Waals surface area contributed by atoms with Crippen molar-refractivity contribution in [1.29, 1.82) is 0 Å². The minimum Gasteiger partial charge on any atom is -0.493 e. The zero-order chi connectivity index (χ0) is 20.3. The zero-order valence-corrected chi connectivity index (χ0v) is 17.1. The van der Waals surface area contributed by atoms with Crippen molar-refractivity contribution < 1.29 is 19.4 Å². The van der Waals surface area contributed by atoms with Crippen LogP contribution in [0.2, 0.25) is 0 Å². The van der Waals surface area contributed by atoms with E-state index >= 15 is 0 Å². The Balaban J connectivity index is 1.81. The third-order valence-electron chi connectivity index (χ3n) is 4.13. The van der Waals surface area contributed by atoms with Crippen molar-refractivity contribution in [1.82, 2.24) is 0 Å². The summed E-state index contributed by atoms with van der Waals surface area (Å²) in [5.74, 6) is -0.509. The Hall–Kier alpha value is -2.64. The highest BCUT2D eigenvalue weighted by atomic mass is 32.2. The first-order valence-electron chi connectivity index (χ1n) is 8.65. The molecule has 144 valence electrons. The van der Waals surface area contributed by atoms with Gasteiger partial charge in [0.25, 0.3) is 5.91 Å². The number of nitrogens with zero attached hydrogens (tertiary/aromatic N) is 1. The highest BCUT2D eigenvalue weighted by Crippen LogP contribution is 2.37. The second kappa shape index (κ2) is 8.58. The molecule has 2 aromatic carbocycles. The molecule has 5 nitrogen and oxygen atoms in total. The molecular weight excluding hydrogens is 394 g/mol. The van der Waals surface area contributed by atoms with Gasteiger partial charge in [0.1, 0.15) is 5.75 Å². The van der Waals surface area contributed by atoms with Gasteiger partial charge in [0.15, 0.2) is 4.32 Å². The van der Waals surface area contributed by atoms with Gasteiger partial charge < -0.3 is 9.84 Å². The van der Waals surface area contributed by atoms with Crippen molar-refractivity contribution >= 4 is 51.9 Å². The van der Waals surface area contributed by atoms with E-state index in [0.717, 1.165) is 22.4 Å². The van der Waals surface area contributed by atoms with Crippen LogP contribution in [0.4, 0.5) is 5.69 Å². The number of carboxylic acid groups (broad SMARTS) is 1. The predicted octanol–water partition coefficient (Wildman–Crippen LogP) is 4.56. The number of thioether (sulfide) groups is 1. The number of rotatable bonds is 6. The third kappa shape index (κ3) is 4.61. The summed E-state index contributed by atoms with van der Waals surface area (Å²) in [4.78, 5) is 25.6. The van der Waals surface area contributed by atoms with Crippen LogP contribution in [0, 0.1) is 13.8 Å². The van der Waals surface area contributed by atoms with E-state index in [-0.39, 0.29) is 18.9 Å². The number of thiocarbonyl (C=S) groups is 1. The summed E-state index contributed by atoms with van der Waals surface area (Å²) in [5.41, 5.74) is 3.70. The van der Waals surface area contributed by atoms with Crippen LogP contribution in [0.5, 0.6) is 5.75 Å². The lowest BCUT2D eigenvalue weighted by Crippen LogP contribution is -2.28. The van der Waals surface area contributed by atoms with Crippen molar-refractivity contribution in [3.63, 3.8) is 0 Å². The molecule has 1 aliphatic rings. The molecule has 0 atom stereocenters. The molecule has 0 aromatic heterocycles. The number of hydrogen-bond acceptors (Lipinski definition) is 5. The Morgan fingerprint density at radius 1 is 1.25 bits per heavy atom. The van der Waals surface area contributed by atoms with E-state index < -0.39 is 5.97 Å². The van der Waals surface area contributed by atoms with E-state index in [1.807, 2.05) is 38.1 Å². The highest BCUT2D eigenvalue weighted by molar-refractivity contribution is 8.27.